The molecule has 0 atom stereocenters. The molecule has 0 heterocycles. The molecule has 0 unspecified atom stereocenters. The van der Waals surface area contributed by atoms with Gasteiger partial charge in [-0.1, -0.05) is 31.0 Å². The lowest BCUT2D eigenvalue weighted by Crippen LogP contribution is -2.39. The Morgan fingerprint density at radius 1 is 1.19 bits per heavy atom. The Balaban J connectivity index is 0.00000243. The summed E-state index contributed by atoms with van der Waals surface area (Å²) in [6.07, 6.45) is 4.53. The molecule has 1 amide bonds. The number of carbonyl (C=O) groups is 1. The van der Waals surface area contributed by atoms with Crippen LogP contribution in [0.3, 0.4) is 0 Å². The third-order valence-corrected chi connectivity index (χ3v) is 5.34. The largest absolute Gasteiger partial charge is 0.497 e. The van der Waals surface area contributed by atoms with Gasteiger partial charge >= 0.3 is 0 Å². The molecule has 140 valence electrons. The highest BCUT2D eigenvalue weighted by molar-refractivity contribution is 5.96. The molecule has 0 aromatic heterocycles. The minimum Gasteiger partial charge on any atom is -0.497 e. The van der Waals surface area contributed by atoms with E-state index in [-0.39, 0.29) is 23.7 Å². The maximum absolute atomic E-state index is 12.7. The first-order valence-electron chi connectivity index (χ1n) is 8.83. The zero-order valence-electron chi connectivity index (χ0n) is 15.4. The third-order valence-electron chi connectivity index (χ3n) is 5.34. The Kier molecular flexibility index (Phi) is 6.54. The van der Waals surface area contributed by atoms with E-state index >= 15 is 0 Å². The summed E-state index contributed by atoms with van der Waals surface area (Å²) >= 11 is 0. The van der Waals surface area contributed by atoms with Gasteiger partial charge in [-0.15, -0.1) is 12.4 Å². The molecule has 4 nitrogen and oxygen atoms in total. The van der Waals surface area contributed by atoms with Crippen molar-refractivity contribution in [2.24, 2.45) is 0 Å². The number of hydrogen-bond acceptors (Lipinski definition) is 3. The summed E-state index contributed by atoms with van der Waals surface area (Å²) in [6, 6.07) is 13.7. The van der Waals surface area contributed by atoms with Gasteiger partial charge in [0, 0.05) is 23.2 Å². The first kappa shape index (κ1) is 20.1. The van der Waals surface area contributed by atoms with Crippen LogP contribution in [0.1, 0.15) is 47.2 Å². The molecule has 0 bridgehead atoms. The van der Waals surface area contributed by atoms with Crippen molar-refractivity contribution in [2.45, 2.75) is 38.0 Å². The topological polar surface area (TPSA) is 64.3 Å². The van der Waals surface area contributed by atoms with Gasteiger partial charge in [0.05, 0.1) is 7.11 Å². The van der Waals surface area contributed by atoms with Crippen LogP contribution < -0.4 is 15.8 Å². The Hall–Kier alpha value is -2.20. The van der Waals surface area contributed by atoms with Crippen LogP contribution in [0.15, 0.2) is 42.5 Å². The molecular formula is C21H27ClN2O2. The molecule has 26 heavy (non-hydrogen) atoms. The third kappa shape index (κ3) is 4.13. The number of nitrogens with two attached hydrogens (primary N) is 1. The molecular weight excluding hydrogens is 348 g/mol. The molecule has 1 saturated carbocycles. The highest BCUT2D eigenvalue weighted by Crippen LogP contribution is 2.41. The van der Waals surface area contributed by atoms with Gasteiger partial charge < -0.3 is 15.8 Å². The average molecular weight is 375 g/mol. The number of amides is 1. The maximum atomic E-state index is 12.7. The van der Waals surface area contributed by atoms with Crippen molar-refractivity contribution in [2.75, 3.05) is 19.4 Å². The highest BCUT2D eigenvalue weighted by Gasteiger charge is 2.36. The van der Waals surface area contributed by atoms with E-state index in [4.69, 9.17) is 10.5 Å². The first-order valence-corrected chi connectivity index (χ1v) is 8.83. The quantitative estimate of drug-likeness (QED) is 0.769. The highest BCUT2D eigenvalue weighted by atomic mass is 35.5. The number of benzene rings is 2. The van der Waals surface area contributed by atoms with Gasteiger partial charge in [0.25, 0.3) is 5.91 Å². The molecule has 5 heteroatoms. The second-order valence-electron chi connectivity index (χ2n) is 6.98. The fourth-order valence-corrected chi connectivity index (χ4v) is 3.80. The van der Waals surface area contributed by atoms with Crippen LogP contribution in [0, 0.1) is 6.92 Å². The average Bonchev–Trinajstić information content (AvgIpc) is 3.12. The smallest absolute Gasteiger partial charge is 0.251 e. The summed E-state index contributed by atoms with van der Waals surface area (Å²) < 4.78 is 5.38. The zero-order valence-corrected chi connectivity index (χ0v) is 16.2. The number of methoxy groups -OCH3 is 1. The van der Waals surface area contributed by atoms with E-state index in [9.17, 15) is 4.79 Å². The van der Waals surface area contributed by atoms with E-state index in [1.54, 1.807) is 13.2 Å². The van der Waals surface area contributed by atoms with Gasteiger partial charge in [-0.05, 0) is 55.2 Å². The number of halogens is 1. The van der Waals surface area contributed by atoms with Gasteiger partial charge in [-0.25, -0.2) is 0 Å². The summed E-state index contributed by atoms with van der Waals surface area (Å²) in [5.74, 6) is 0.806. The summed E-state index contributed by atoms with van der Waals surface area (Å²) in [6.45, 7) is 2.56. The van der Waals surface area contributed by atoms with Crippen molar-refractivity contribution in [1.29, 1.82) is 0 Å². The molecule has 2 aromatic rings. The number of aryl methyl sites for hydroxylation is 1. The van der Waals surface area contributed by atoms with Crippen LogP contribution in [0.25, 0.3) is 0 Å². The van der Waals surface area contributed by atoms with Crippen molar-refractivity contribution >= 4 is 24.0 Å². The number of ether oxygens (including phenoxy) is 1. The van der Waals surface area contributed by atoms with E-state index in [1.165, 1.54) is 18.4 Å². The molecule has 0 radical (unpaired) electrons. The van der Waals surface area contributed by atoms with Crippen molar-refractivity contribution < 1.29 is 9.53 Å². The van der Waals surface area contributed by atoms with E-state index in [0.717, 1.165) is 24.2 Å². The van der Waals surface area contributed by atoms with Crippen LogP contribution in [-0.2, 0) is 5.41 Å². The Bertz CT molecular complexity index is 770. The molecule has 1 fully saturated rings. The lowest BCUT2D eigenvalue weighted by atomic mass is 9.78. The first-order chi connectivity index (χ1) is 12.0. The van der Waals surface area contributed by atoms with Crippen LogP contribution >= 0.6 is 12.4 Å². The Morgan fingerprint density at radius 2 is 1.92 bits per heavy atom. The second-order valence-corrected chi connectivity index (χ2v) is 6.98. The summed E-state index contributed by atoms with van der Waals surface area (Å²) in [4.78, 5) is 12.7. The van der Waals surface area contributed by atoms with Crippen molar-refractivity contribution in [3.8, 4) is 5.75 Å². The number of nitrogen functional groups attached to an aromatic ring is 1. The van der Waals surface area contributed by atoms with Gasteiger partial charge in [0.15, 0.2) is 0 Å². The van der Waals surface area contributed by atoms with E-state index in [2.05, 4.69) is 17.4 Å². The standard InChI is InChI=1S/C21H26N2O2.ClH/c1-15-8-9-17(22)13-19(15)20(24)23-14-21(10-3-4-11-21)16-6-5-7-18(12-16)25-2;/h5-9,12-13H,3-4,10-11,14,22H2,1-2H3,(H,23,24);1H. The van der Waals surface area contributed by atoms with Crippen LogP contribution in [0.2, 0.25) is 0 Å². The van der Waals surface area contributed by atoms with Crippen molar-refractivity contribution in [3.05, 3.63) is 59.2 Å². The number of anilines is 1. The Labute approximate surface area is 161 Å². The Morgan fingerprint density at radius 3 is 2.62 bits per heavy atom. The van der Waals surface area contributed by atoms with Crippen LogP contribution in [0.5, 0.6) is 5.75 Å². The van der Waals surface area contributed by atoms with Gasteiger partial charge in [-0.2, -0.15) is 0 Å². The van der Waals surface area contributed by atoms with Gasteiger partial charge in [0.1, 0.15) is 5.75 Å². The normalized spacial score (nSPS) is 15.2. The maximum Gasteiger partial charge on any atom is 0.251 e. The molecule has 1 aliphatic carbocycles. The fraction of sp³-hybridized carbons (Fsp3) is 0.381. The van der Waals surface area contributed by atoms with Crippen LogP contribution in [-0.4, -0.2) is 19.6 Å². The van der Waals surface area contributed by atoms with E-state index in [0.29, 0.717) is 17.8 Å². The molecule has 0 aliphatic heterocycles. The molecule has 3 rings (SSSR count). The van der Waals surface area contributed by atoms with Gasteiger partial charge in [-0.3, -0.25) is 4.79 Å². The van der Waals surface area contributed by atoms with E-state index in [1.807, 2.05) is 31.2 Å². The number of carbonyl (C=O) groups excluding carboxylic acids is 1. The zero-order chi connectivity index (χ0) is 17.9. The lowest BCUT2D eigenvalue weighted by molar-refractivity contribution is 0.0942. The van der Waals surface area contributed by atoms with E-state index < -0.39 is 0 Å². The molecule has 0 saturated heterocycles. The van der Waals surface area contributed by atoms with Gasteiger partial charge in [0.2, 0.25) is 0 Å². The molecule has 0 spiro atoms. The van der Waals surface area contributed by atoms with Crippen LogP contribution in [0.4, 0.5) is 5.69 Å². The predicted molar refractivity (Wildman–Crippen MR) is 108 cm³/mol. The van der Waals surface area contributed by atoms with Crippen molar-refractivity contribution in [3.63, 3.8) is 0 Å². The number of hydrogen-bond donors (Lipinski definition) is 2. The summed E-state index contributed by atoms with van der Waals surface area (Å²) in [5.41, 5.74) is 9.27. The minimum atomic E-state index is -0.0565. The molecule has 3 N–H and O–H groups in total. The lowest BCUT2D eigenvalue weighted by Gasteiger charge is -2.30. The number of rotatable bonds is 5. The monoisotopic (exact) mass is 374 g/mol. The molecule has 2 aromatic carbocycles. The number of nitrogens with one attached hydrogen (secondary N) is 1. The van der Waals surface area contributed by atoms with Crippen molar-refractivity contribution in [1.82, 2.24) is 5.32 Å². The summed E-state index contributed by atoms with van der Waals surface area (Å²) in [7, 11) is 1.69. The SMILES string of the molecule is COc1cccc(C2(CNC(=O)c3cc(N)ccc3C)CCCC2)c1.Cl. The summed E-state index contributed by atoms with van der Waals surface area (Å²) in [5, 5.41) is 3.15. The fourth-order valence-electron chi connectivity index (χ4n) is 3.80. The molecule has 1 aliphatic rings. The minimum absolute atomic E-state index is 0. The second kappa shape index (κ2) is 8.45. The predicted octanol–water partition coefficient (Wildman–Crippen LogP) is 4.25.